The molecule has 2 rings (SSSR count). The van der Waals surface area contributed by atoms with Crippen molar-refractivity contribution in [3.05, 3.63) is 35.4 Å². The average molecular weight is 275 g/mol. The summed E-state index contributed by atoms with van der Waals surface area (Å²) < 4.78 is 6.06. The topological polar surface area (TPSA) is 21.3 Å². The van der Waals surface area contributed by atoms with E-state index >= 15 is 0 Å². The van der Waals surface area contributed by atoms with E-state index in [9.17, 15) is 0 Å². The van der Waals surface area contributed by atoms with Gasteiger partial charge in [-0.25, -0.2) is 0 Å². The van der Waals surface area contributed by atoms with Crippen LogP contribution in [0.25, 0.3) is 0 Å². The second kappa shape index (κ2) is 6.73. The van der Waals surface area contributed by atoms with Gasteiger partial charge < -0.3 is 10.1 Å². The summed E-state index contributed by atoms with van der Waals surface area (Å²) in [5.41, 5.74) is 2.80. The highest BCUT2D eigenvalue weighted by atomic mass is 16.5. The summed E-state index contributed by atoms with van der Waals surface area (Å²) in [6, 6.07) is 9.84. The summed E-state index contributed by atoms with van der Waals surface area (Å²) in [6.45, 7) is 9.78. The Labute approximate surface area is 123 Å². The van der Waals surface area contributed by atoms with Crippen LogP contribution in [0.2, 0.25) is 0 Å². The highest BCUT2D eigenvalue weighted by Crippen LogP contribution is 2.32. The van der Waals surface area contributed by atoms with Gasteiger partial charge in [-0.1, -0.05) is 43.7 Å². The summed E-state index contributed by atoms with van der Waals surface area (Å²) in [5, 5.41) is 3.80. The molecule has 0 aromatic heterocycles. The third kappa shape index (κ3) is 3.62. The van der Waals surface area contributed by atoms with Crippen LogP contribution in [0.4, 0.5) is 0 Å². The zero-order valence-electron chi connectivity index (χ0n) is 13.4. The lowest BCUT2D eigenvalue weighted by atomic mass is 9.85. The SMILES string of the molecule is CCC1(CC)CC(NC(C)c2ccc(C)cc2)CCO1. The molecule has 0 saturated carbocycles. The molecule has 0 bridgehead atoms. The molecule has 2 atom stereocenters. The standard InChI is InChI=1S/C18H29NO/c1-5-18(6-2)13-17(11-12-20-18)19-15(4)16-9-7-14(3)8-10-16/h7-10,15,17,19H,5-6,11-13H2,1-4H3. The van der Waals surface area contributed by atoms with Crippen molar-refractivity contribution in [1.82, 2.24) is 5.32 Å². The Morgan fingerprint density at radius 2 is 1.90 bits per heavy atom. The van der Waals surface area contributed by atoms with E-state index in [4.69, 9.17) is 4.74 Å². The molecule has 1 saturated heterocycles. The number of nitrogens with one attached hydrogen (secondary N) is 1. The zero-order chi connectivity index (χ0) is 14.6. The lowest BCUT2D eigenvalue weighted by Gasteiger charge is -2.41. The Morgan fingerprint density at radius 1 is 1.25 bits per heavy atom. The van der Waals surface area contributed by atoms with Crippen LogP contribution in [-0.2, 0) is 4.74 Å². The molecule has 20 heavy (non-hydrogen) atoms. The van der Waals surface area contributed by atoms with E-state index < -0.39 is 0 Å². The van der Waals surface area contributed by atoms with Gasteiger partial charge in [-0.05, 0) is 45.1 Å². The molecule has 112 valence electrons. The number of rotatable bonds is 5. The predicted octanol–water partition coefficient (Wildman–Crippen LogP) is 4.38. The number of benzene rings is 1. The summed E-state index contributed by atoms with van der Waals surface area (Å²) >= 11 is 0. The smallest absolute Gasteiger partial charge is 0.0692 e. The maximum absolute atomic E-state index is 6.06. The van der Waals surface area contributed by atoms with Gasteiger partial charge in [0.05, 0.1) is 5.60 Å². The molecular formula is C18H29NO. The molecule has 1 aromatic rings. The molecule has 0 radical (unpaired) electrons. The van der Waals surface area contributed by atoms with Gasteiger partial charge >= 0.3 is 0 Å². The van der Waals surface area contributed by atoms with Crippen molar-refractivity contribution in [2.24, 2.45) is 0 Å². The van der Waals surface area contributed by atoms with Crippen molar-refractivity contribution in [2.45, 2.75) is 71.1 Å². The summed E-state index contributed by atoms with van der Waals surface area (Å²) in [4.78, 5) is 0. The first-order chi connectivity index (χ1) is 9.58. The van der Waals surface area contributed by atoms with Crippen LogP contribution in [0.15, 0.2) is 24.3 Å². The first-order valence-corrected chi connectivity index (χ1v) is 8.05. The minimum Gasteiger partial charge on any atom is -0.375 e. The maximum atomic E-state index is 6.06. The molecule has 1 fully saturated rings. The molecule has 2 heteroatoms. The van der Waals surface area contributed by atoms with Gasteiger partial charge in [0.2, 0.25) is 0 Å². The zero-order valence-corrected chi connectivity index (χ0v) is 13.4. The average Bonchev–Trinajstić information content (AvgIpc) is 2.48. The normalized spacial score (nSPS) is 23.5. The molecule has 1 aliphatic rings. The Morgan fingerprint density at radius 3 is 2.50 bits per heavy atom. The second-order valence-corrected chi connectivity index (χ2v) is 6.23. The van der Waals surface area contributed by atoms with Gasteiger partial charge in [-0.3, -0.25) is 0 Å². The second-order valence-electron chi connectivity index (χ2n) is 6.23. The fraction of sp³-hybridized carbons (Fsp3) is 0.667. The molecule has 2 unspecified atom stereocenters. The Bertz CT molecular complexity index is 408. The third-order valence-corrected chi connectivity index (χ3v) is 4.84. The molecular weight excluding hydrogens is 246 g/mol. The Balaban J connectivity index is 1.97. The largest absolute Gasteiger partial charge is 0.375 e. The molecule has 0 amide bonds. The van der Waals surface area contributed by atoms with Crippen LogP contribution in [-0.4, -0.2) is 18.2 Å². The van der Waals surface area contributed by atoms with Crippen molar-refractivity contribution in [1.29, 1.82) is 0 Å². The van der Waals surface area contributed by atoms with Gasteiger partial charge in [-0.15, -0.1) is 0 Å². The fourth-order valence-electron chi connectivity index (χ4n) is 3.22. The molecule has 1 heterocycles. The number of hydrogen-bond donors (Lipinski definition) is 1. The summed E-state index contributed by atoms with van der Waals surface area (Å²) in [7, 11) is 0. The summed E-state index contributed by atoms with van der Waals surface area (Å²) in [6.07, 6.45) is 4.48. The van der Waals surface area contributed by atoms with E-state index in [0.29, 0.717) is 12.1 Å². The fourth-order valence-corrected chi connectivity index (χ4v) is 3.22. The van der Waals surface area contributed by atoms with E-state index in [1.165, 1.54) is 11.1 Å². The highest BCUT2D eigenvalue weighted by molar-refractivity contribution is 5.23. The van der Waals surface area contributed by atoms with Crippen molar-refractivity contribution in [3.63, 3.8) is 0 Å². The van der Waals surface area contributed by atoms with Crippen LogP contribution in [0, 0.1) is 6.92 Å². The maximum Gasteiger partial charge on any atom is 0.0692 e. The monoisotopic (exact) mass is 275 g/mol. The van der Waals surface area contributed by atoms with E-state index in [0.717, 1.165) is 32.3 Å². The molecule has 0 spiro atoms. The van der Waals surface area contributed by atoms with Gasteiger partial charge in [0.15, 0.2) is 0 Å². The lowest BCUT2D eigenvalue weighted by Crippen LogP contribution is -2.47. The van der Waals surface area contributed by atoms with Gasteiger partial charge in [0, 0.05) is 18.7 Å². The number of ether oxygens (including phenoxy) is 1. The van der Waals surface area contributed by atoms with Crippen LogP contribution < -0.4 is 5.32 Å². The quantitative estimate of drug-likeness (QED) is 0.861. The third-order valence-electron chi connectivity index (χ3n) is 4.84. The van der Waals surface area contributed by atoms with E-state index in [1.54, 1.807) is 0 Å². The molecule has 1 N–H and O–H groups in total. The first-order valence-electron chi connectivity index (χ1n) is 8.05. The first kappa shape index (κ1) is 15.5. The number of aryl methyl sites for hydroxylation is 1. The van der Waals surface area contributed by atoms with Crippen molar-refractivity contribution in [2.75, 3.05) is 6.61 Å². The highest BCUT2D eigenvalue weighted by Gasteiger charge is 2.34. The molecule has 0 aliphatic carbocycles. The minimum atomic E-state index is 0.100. The van der Waals surface area contributed by atoms with E-state index in [-0.39, 0.29) is 5.60 Å². The van der Waals surface area contributed by atoms with Gasteiger partial charge in [0.25, 0.3) is 0 Å². The van der Waals surface area contributed by atoms with Crippen LogP contribution >= 0.6 is 0 Å². The van der Waals surface area contributed by atoms with Crippen LogP contribution in [0.1, 0.15) is 63.6 Å². The lowest BCUT2D eigenvalue weighted by molar-refractivity contribution is -0.0939. The predicted molar refractivity (Wildman–Crippen MR) is 85.0 cm³/mol. The molecule has 2 nitrogen and oxygen atoms in total. The minimum absolute atomic E-state index is 0.100. The van der Waals surface area contributed by atoms with Crippen molar-refractivity contribution < 1.29 is 4.74 Å². The molecule has 1 aromatic carbocycles. The van der Waals surface area contributed by atoms with E-state index in [2.05, 4.69) is 57.3 Å². The van der Waals surface area contributed by atoms with Gasteiger partial charge in [-0.2, -0.15) is 0 Å². The van der Waals surface area contributed by atoms with Crippen LogP contribution in [0.5, 0.6) is 0 Å². The van der Waals surface area contributed by atoms with Gasteiger partial charge in [0.1, 0.15) is 0 Å². The molecule has 1 aliphatic heterocycles. The Hall–Kier alpha value is -0.860. The van der Waals surface area contributed by atoms with Crippen LogP contribution in [0.3, 0.4) is 0 Å². The van der Waals surface area contributed by atoms with E-state index in [1.807, 2.05) is 0 Å². The Kier molecular flexibility index (Phi) is 5.22. The summed E-state index contributed by atoms with van der Waals surface area (Å²) in [5.74, 6) is 0. The van der Waals surface area contributed by atoms with Crippen molar-refractivity contribution >= 4 is 0 Å². The number of hydrogen-bond acceptors (Lipinski definition) is 2. The van der Waals surface area contributed by atoms with Crippen molar-refractivity contribution in [3.8, 4) is 0 Å².